The molecule has 0 amide bonds. The molecule has 0 aromatic carbocycles. The Labute approximate surface area is 700 Å². The van der Waals surface area contributed by atoms with Crippen molar-refractivity contribution < 1.29 is 97.1 Å². The minimum atomic E-state index is -4.12. The summed E-state index contributed by atoms with van der Waals surface area (Å²) in [5, 5.41) is 2.88. The largest absolute Gasteiger partial charge is 0.389 e. The number of hydrogen-bond donors (Lipinski definition) is 0. The molecule has 4 saturated carbocycles. The number of Topliss-reactive ketones (excluding diaryl/α,β-unsaturated/α-hetero) is 13. The highest BCUT2D eigenvalue weighted by Crippen LogP contribution is 2.34. The molecule has 2 atom stereocenters. The molecule has 0 radical (unpaired) electrons. The third-order valence-electron chi connectivity index (χ3n) is 17.2. The van der Waals surface area contributed by atoms with Gasteiger partial charge in [0.1, 0.15) is 95.8 Å². The van der Waals surface area contributed by atoms with Crippen molar-refractivity contribution in [3.05, 3.63) is 16.1 Å². The van der Waals surface area contributed by atoms with Crippen LogP contribution in [0.25, 0.3) is 0 Å². The van der Waals surface area contributed by atoms with Crippen LogP contribution in [0.2, 0.25) is 0 Å². The Balaban J connectivity index is -0.000000278. The fourth-order valence-corrected chi connectivity index (χ4v) is 14.2. The van der Waals surface area contributed by atoms with Crippen molar-refractivity contribution >= 4 is 130 Å². The lowest BCUT2D eigenvalue weighted by Gasteiger charge is -2.24. The summed E-state index contributed by atoms with van der Waals surface area (Å²) < 4.78 is 81.5. The van der Waals surface area contributed by atoms with Gasteiger partial charge in [0.05, 0.1) is 18.3 Å². The number of halogens is 3. The Hall–Kier alpha value is -4.31. The second-order valence-corrected chi connectivity index (χ2v) is 38.6. The van der Waals surface area contributed by atoms with Crippen molar-refractivity contribution in [2.45, 2.75) is 373 Å². The molecule has 114 heavy (non-hydrogen) atoms. The monoisotopic (exact) mass is 1720 g/mol. The molecule has 6 fully saturated rings. The van der Waals surface area contributed by atoms with Crippen LogP contribution in [0.1, 0.15) is 359 Å². The van der Waals surface area contributed by atoms with Gasteiger partial charge >= 0.3 is 6.18 Å². The van der Waals surface area contributed by atoms with Gasteiger partial charge in [-0.25, -0.2) is 21.8 Å². The Bertz CT molecular complexity index is 2990. The zero-order valence-corrected chi connectivity index (χ0v) is 77.9. The molecule has 0 N–H and O–H groups in total. The van der Waals surface area contributed by atoms with Gasteiger partial charge in [-0.1, -0.05) is 91.9 Å². The van der Waals surface area contributed by atoms with E-state index < -0.39 is 32.3 Å². The fraction of sp³-hybridized carbons (Fsp3) is 0.816. The van der Waals surface area contributed by atoms with E-state index in [0.29, 0.717) is 103 Å². The minimum absolute atomic E-state index is 0.0273. The molecule has 2 aliphatic heterocycles. The highest BCUT2D eigenvalue weighted by atomic mass is 32.2. The molecule has 4 aliphatic carbocycles. The molecule has 2 saturated heterocycles. The number of thioether (sulfide) groups is 2. The van der Waals surface area contributed by atoms with Crippen LogP contribution in [-0.2, 0) is 93.2 Å². The van der Waals surface area contributed by atoms with Gasteiger partial charge in [0.25, 0.3) is 0 Å². The first-order valence-corrected chi connectivity index (χ1v) is 49.1. The molecule has 3 heterocycles. The van der Waals surface area contributed by atoms with Crippen molar-refractivity contribution in [1.82, 2.24) is 4.98 Å². The van der Waals surface area contributed by atoms with Gasteiger partial charge < -0.3 is 52.7 Å². The van der Waals surface area contributed by atoms with Crippen molar-refractivity contribution in [2.24, 2.45) is 29.6 Å². The number of rotatable bonds is 39. The van der Waals surface area contributed by atoms with E-state index in [2.05, 4.69) is 18.2 Å². The van der Waals surface area contributed by atoms with E-state index in [9.17, 15) is 92.3 Å². The number of hydrogen-bond acceptors (Lipinski definition) is 22. The van der Waals surface area contributed by atoms with Crippen molar-refractivity contribution in [2.75, 3.05) is 54.1 Å². The number of carbonyl (C=O) groups excluding carboxylic acids is 13. The first-order chi connectivity index (χ1) is 53.0. The molecule has 666 valence electrons. The van der Waals surface area contributed by atoms with Gasteiger partial charge in [0.15, 0.2) is 9.84 Å². The van der Waals surface area contributed by atoms with Crippen LogP contribution in [0.3, 0.4) is 0 Å². The minimum Gasteiger partial charge on any atom is -0.378 e. The summed E-state index contributed by atoms with van der Waals surface area (Å²) in [7, 11) is -5.97. The number of carbonyl (C=O) groups is 13. The Morgan fingerprint density at radius 3 is 1.19 bits per heavy atom. The van der Waals surface area contributed by atoms with E-state index in [1.165, 1.54) is 122 Å². The van der Waals surface area contributed by atoms with Crippen LogP contribution in [0.4, 0.5) is 13.2 Å². The molecule has 2 unspecified atom stereocenters. The number of aryl methyl sites for hydroxylation is 1. The molecular formula is C87H154F3NO18S5. The number of sulfone groups is 2. The second-order valence-electron chi connectivity index (χ2n) is 31.1. The summed E-state index contributed by atoms with van der Waals surface area (Å²) in [6.07, 6.45) is 35.5. The maximum absolute atomic E-state index is 11.4. The Morgan fingerprint density at radius 2 is 0.886 bits per heavy atom. The maximum atomic E-state index is 11.4. The number of ketones is 13. The van der Waals surface area contributed by atoms with Crippen molar-refractivity contribution in [3.8, 4) is 0 Å². The van der Waals surface area contributed by atoms with E-state index in [1.807, 2.05) is 44.8 Å². The standard InChI is InChI=1S/C8H14O2.C8H14O.C7H9NOS.C7H12OS.2C7H12O.C7H14O.C6H9F3O.2C6H12O3S.C6H12OS.C6H10O.C6H12O/c1-7(9)4-5-8-3-2-6-10-8;1-7(9)5-6-8-3-2-4-8;1-5-4-10-7(8-5)3-6(2)9;1-6(8)4-7-2-3-9-5-7;1-6(8)2-3-7-4-5-7;1-6(8)5-7-3-2-4-7;1-3-4-5-6-7(2)8;1-5(10)3-2-4-6(7,8)9;1-6(7)4-3-5-10(2,8)9;1-3-4-6(7)5-10(2,8)9;1-6(7)4-3-5-8-2;1-5(7)4-6-2-3-6;1-3-5-6(7)4-2/h8H,2-6H2,1H3;8H,2-6H2,1H3;4H,3H2,1-2H3;7H,2-5H2,1H3;2*7H,2-5H2,1H3;3-6H2,1-2H3;2-4H2,1H3;2*3-5H2,1-2H3;3-5H2,1-2H3;6H,2-4H2,1H3;3-5H2,1-2H3. The van der Waals surface area contributed by atoms with Crippen LogP contribution < -0.4 is 0 Å². The zero-order chi connectivity index (χ0) is 88.7. The summed E-state index contributed by atoms with van der Waals surface area (Å²) >= 11 is 5.31. The maximum Gasteiger partial charge on any atom is 0.389 e. The number of aromatic nitrogens is 1. The van der Waals surface area contributed by atoms with Gasteiger partial charge in [-0.15, -0.1) is 11.3 Å². The molecule has 0 spiro atoms. The Morgan fingerprint density at radius 1 is 0.465 bits per heavy atom. The zero-order valence-electron chi connectivity index (χ0n) is 73.8. The molecular weight excluding hydrogens is 1560 g/mol. The van der Waals surface area contributed by atoms with Crippen LogP contribution in [-0.4, -0.2) is 163 Å². The average molecular weight is 1720 g/mol. The summed E-state index contributed by atoms with van der Waals surface area (Å²) in [4.78, 5) is 140. The molecule has 7 rings (SSSR count). The summed E-state index contributed by atoms with van der Waals surface area (Å²) in [6, 6.07) is 0. The summed E-state index contributed by atoms with van der Waals surface area (Å²) in [5.74, 6) is 10.3. The average Bonchev–Trinajstić information content (AvgIpc) is 1.71. The third kappa shape index (κ3) is 112. The van der Waals surface area contributed by atoms with Crippen molar-refractivity contribution in [1.29, 1.82) is 0 Å². The SMILES string of the molecule is CC(=O)CC1CC1.CC(=O)CC1CCC1.CC(=O)CC1CCSC1.CC(=O)CCC1CC1.CC(=O)CCC1CCC1.CC(=O)CCC1CCCO1.CC(=O)CCCC(F)(F)F.CC(=O)CCCS(C)(=O)=O.CC(=O)Cc1nc(C)cs1.CCCC(=O)CC.CCCC(=O)CS(C)(=O)=O.CCCCCC(C)=O.CSCCCC(C)=O. The molecule has 1 aromatic heterocycles. The predicted molar refractivity (Wildman–Crippen MR) is 465 cm³/mol. The summed E-state index contributed by atoms with van der Waals surface area (Å²) in [5.41, 5.74) is 1.00. The molecule has 27 heteroatoms. The lowest BCUT2D eigenvalue weighted by Crippen LogP contribution is -2.13. The van der Waals surface area contributed by atoms with Gasteiger partial charge in [-0.05, 0) is 226 Å². The second kappa shape index (κ2) is 77.3. The lowest BCUT2D eigenvalue weighted by atomic mass is 9.82. The lowest BCUT2D eigenvalue weighted by molar-refractivity contribution is -0.137. The molecule has 1 aromatic rings. The van der Waals surface area contributed by atoms with E-state index in [-0.39, 0.29) is 53.3 Å². The van der Waals surface area contributed by atoms with Crippen molar-refractivity contribution in [3.63, 3.8) is 0 Å². The summed E-state index contributed by atoms with van der Waals surface area (Å²) in [6.45, 7) is 28.4. The predicted octanol–water partition coefficient (Wildman–Crippen LogP) is 20.6. The number of nitrogens with zero attached hydrogens (tertiary/aromatic N) is 1. The van der Waals surface area contributed by atoms with Crippen LogP contribution in [0, 0.1) is 36.5 Å². The van der Waals surface area contributed by atoms with E-state index >= 15 is 0 Å². The Kier molecular flexibility index (Phi) is 81.7. The fourth-order valence-electron chi connectivity index (χ4n) is 10.2. The molecule has 19 nitrogen and oxygen atoms in total. The number of alkyl halides is 3. The van der Waals surface area contributed by atoms with E-state index in [0.717, 1.165) is 149 Å². The first-order valence-electron chi connectivity index (χ1n) is 41.5. The number of thiazole rings is 1. The van der Waals surface area contributed by atoms with Crippen LogP contribution in [0.15, 0.2) is 5.38 Å². The highest BCUT2D eigenvalue weighted by Gasteiger charge is 2.27. The first kappa shape index (κ1) is 121. The quantitative estimate of drug-likeness (QED) is 0.0553. The van der Waals surface area contributed by atoms with E-state index in [1.54, 1.807) is 85.4 Å². The number of ether oxygens (including phenoxy) is 1. The van der Waals surface area contributed by atoms with Crippen LogP contribution in [0.5, 0.6) is 0 Å². The molecule has 6 aliphatic rings. The topological polar surface area (TPSA) is 312 Å². The van der Waals surface area contributed by atoms with E-state index in [4.69, 9.17) is 4.74 Å². The highest BCUT2D eigenvalue weighted by molar-refractivity contribution is 7.99. The third-order valence-corrected chi connectivity index (χ3v) is 22.0. The van der Waals surface area contributed by atoms with Gasteiger partial charge in [0, 0.05) is 120 Å². The number of unbranched alkanes of at least 4 members (excludes halogenated alkanes) is 2. The van der Waals surface area contributed by atoms with Gasteiger partial charge in [0.2, 0.25) is 0 Å². The van der Waals surface area contributed by atoms with Crippen LogP contribution >= 0.6 is 34.9 Å². The van der Waals surface area contributed by atoms with Gasteiger partial charge in [-0.3, -0.25) is 14.4 Å². The molecule has 0 bridgehead atoms. The van der Waals surface area contributed by atoms with Gasteiger partial charge in [-0.2, -0.15) is 36.7 Å². The normalized spacial score (nSPS) is 15.5. The smallest absolute Gasteiger partial charge is 0.378 e.